The van der Waals surface area contributed by atoms with Gasteiger partial charge < -0.3 is 9.80 Å². The summed E-state index contributed by atoms with van der Waals surface area (Å²) in [4.78, 5) is 5.12. The molecule has 0 amide bonds. The van der Waals surface area contributed by atoms with Crippen LogP contribution in [0.1, 0.15) is 26.2 Å². The van der Waals surface area contributed by atoms with E-state index >= 15 is 0 Å². The second-order valence-corrected chi connectivity index (χ2v) is 5.03. The molecule has 1 aliphatic rings. The number of halogens is 1. The minimum Gasteiger partial charge on any atom is -0.301 e. The van der Waals surface area contributed by atoms with Gasteiger partial charge in [0.2, 0.25) is 0 Å². The number of hydrogen-bond acceptors (Lipinski definition) is 2. The summed E-state index contributed by atoms with van der Waals surface area (Å²) in [5.41, 5.74) is 0. The molecule has 0 bridgehead atoms. The molecule has 2 nitrogen and oxygen atoms in total. The van der Waals surface area contributed by atoms with Crippen LogP contribution in [0.5, 0.6) is 0 Å². The molecule has 0 aromatic heterocycles. The molecule has 0 aliphatic carbocycles. The molecule has 1 heterocycles. The van der Waals surface area contributed by atoms with Gasteiger partial charge in [-0.1, -0.05) is 22.9 Å². The van der Waals surface area contributed by atoms with Crippen molar-refractivity contribution in [3.05, 3.63) is 0 Å². The quantitative estimate of drug-likeness (QED) is 0.554. The highest BCUT2D eigenvalue weighted by Crippen LogP contribution is 2.11. The largest absolute Gasteiger partial charge is 0.301 e. The maximum absolute atomic E-state index is 3.48. The lowest BCUT2D eigenvalue weighted by molar-refractivity contribution is 0.0924. The zero-order chi connectivity index (χ0) is 10.4. The van der Waals surface area contributed by atoms with Crippen molar-refractivity contribution in [3.63, 3.8) is 0 Å². The van der Waals surface area contributed by atoms with Crippen molar-refractivity contribution in [2.75, 3.05) is 38.6 Å². The first-order chi connectivity index (χ1) is 6.77. The van der Waals surface area contributed by atoms with Gasteiger partial charge in [0.1, 0.15) is 0 Å². The first kappa shape index (κ1) is 12.5. The fraction of sp³-hybridized carbons (Fsp3) is 1.00. The lowest BCUT2D eigenvalue weighted by Gasteiger charge is -2.39. The van der Waals surface area contributed by atoms with Crippen LogP contribution < -0.4 is 0 Å². The Morgan fingerprint density at radius 2 is 2.07 bits per heavy atom. The van der Waals surface area contributed by atoms with Crippen LogP contribution in [0.25, 0.3) is 0 Å². The number of likely N-dealkylation sites (N-methyl/N-ethyl adjacent to an activating group) is 1. The van der Waals surface area contributed by atoms with E-state index in [9.17, 15) is 0 Å². The summed E-state index contributed by atoms with van der Waals surface area (Å²) in [5.74, 6) is 0. The molecule has 1 saturated heterocycles. The molecule has 0 N–H and O–H groups in total. The highest BCUT2D eigenvalue weighted by atomic mass is 79.9. The standard InChI is InChI=1S/C11H23BrN2/c1-3-11-10-14(7-5-4-6-12)9-8-13(11)2/h11H,3-10H2,1-2H3. The molecule has 1 unspecified atom stereocenters. The SMILES string of the molecule is CCC1CN(CCCCBr)CCN1C. The number of unbranched alkanes of at least 4 members (excludes halogenated alkanes) is 1. The molecule has 84 valence electrons. The van der Waals surface area contributed by atoms with Crippen LogP contribution in [0, 0.1) is 0 Å². The zero-order valence-electron chi connectivity index (χ0n) is 9.51. The van der Waals surface area contributed by atoms with Gasteiger partial charge in [-0.3, -0.25) is 0 Å². The van der Waals surface area contributed by atoms with Gasteiger partial charge in [0.05, 0.1) is 0 Å². The highest BCUT2D eigenvalue weighted by Gasteiger charge is 2.21. The molecule has 0 saturated carbocycles. The summed E-state index contributed by atoms with van der Waals surface area (Å²) >= 11 is 3.48. The second kappa shape index (κ2) is 6.81. The van der Waals surface area contributed by atoms with Gasteiger partial charge in [-0.15, -0.1) is 0 Å². The number of hydrogen-bond donors (Lipinski definition) is 0. The van der Waals surface area contributed by atoms with Gasteiger partial charge in [0.25, 0.3) is 0 Å². The van der Waals surface area contributed by atoms with Crippen molar-refractivity contribution in [1.82, 2.24) is 9.80 Å². The number of rotatable bonds is 5. The van der Waals surface area contributed by atoms with Crippen molar-refractivity contribution in [1.29, 1.82) is 0 Å². The minimum atomic E-state index is 0.785. The van der Waals surface area contributed by atoms with Crippen LogP contribution in [-0.4, -0.2) is 54.4 Å². The van der Waals surface area contributed by atoms with Gasteiger partial charge in [-0.2, -0.15) is 0 Å². The summed E-state index contributed by atoms with van der Waals surface area (Å²) in [7, 11) is 2.25. The minimum absolute atomic E-state index is 0.785. The number of nitrogens with zero attached hydrogens (tertiary/aromatic N) is 2. The smallest absolute Gasteiger partial charge is 0.0218 e. The third kappa shape index (κ3) is 3.87. The second-order valence-electron chi connectivity index (χ2n) is 4.24. The normalized spacial score (nSPS) is 25.5. The van der Waals surface area contributed by atoms with Crippen LogP contribution in [0.15, 0.2) is 0 Å². The molecule has 0 spiro atoms. The van der Waals surface area contributed by atoms with E-state index in [4.69, 9.17) is 0 Å². The average molecular weight is 263 g/mol. The van der Waals surface area contributed by atoms with Gasteiger partial charge >= 0.3 is 0 Å². The monoisotopic (exact) mass is 262 g/mol. The van der Waals surface area contributed by atoms with Gasteiger partial charge in [0.15, 0.2) is 0 Å². The fourth-order valence-corrected chi connectivity index (χ4v) is 2.48. The first-order valence-corrected chi connectivity index (χ1v) is 6.88. The summed E-state index contributed by atoms with van der Waals surface area (Å²) < 4.78 is 0. The Balaban J connectivity index is 2.21. The van der Waals surface area contributed by atoms with Crippen molar-refractivity contribution in [2.45, 2.75) is 32.2 Å². The molecule has 0 radical (unpaired) electrons. The number of piperazine rings is 1. The molecular weight excluding hydrogens is 240 g/mol. The first-order valence-electron chi connectivity index (χ1n) is 5.76. The van der Waals surface area contributed by atoms with Crippen LogP contribution in [0.3, 0.4) is 0 Å². The average Bonchev–Trinajstić information content (AvgIpc) is 2.21. The van der Waals surface area contributed by atoms with Crippen molar-refractivity contribution in [3.8, 4) is 0 Å². The summed E-state index contributed by atoms with van der Waals surface area (Å²) in [6.45, 7) is 7.36. The van der Waals surface area contributed by atoms with E-state index in [2.05, 4.69) is 39.7 Å². The van der Waals surface area contributed by atoms with Gasteiger partial charge in [-0.25, -0.2) is 0 Å². The van der Waals surface area contributed by atoms with Gasteiger partial charge in [-0.05, 0) is 32.9 Å². The van der Waals surface area contributed by atoms with E-state index in [1.165, 1.54) is 45.4 Å². The molecule has 1 rings (SSSR count). The lowest BCUT2D eigenvalue weighted by Crippen LogP contribution is -2.51. The Hall–Kier alpha value is 0.400. The molecule has 0 aromatic rings. The van der Waals surface area contributed by atoms with E-state index < -0.39 is 0 Å². The fourth-order valence-electron chi connectivity index (χ4n) is 2.08. The summed E-state index contributed by atoms with van der Waals surface area (Å²) in [6.07, 6.45) is 3.93. The van der Waals surface area contributed by atoms with E-state index in [0.29, 0.717) is 0 Å². The maximum atomic E-state index is 3.48. The molecule has 1 aliphatic heterocycles. The Morgan fingerprint density at radius 3 is 2.71 bits per heavy atom. The van der Waals surface area contributed by atoms with E-state index in [-0.39, 0.29) is 0 Å². The van der Waals surface area contributed by atoms with Crippen LogP contribution in [-0.2, 0) is 0 Å². The topological polar surface area (TPSA) is 6.48 Å². The maximum Gasteiger partial charge on any atom is 0.0218 e. The predicted molar refractivity (Wildman–Crippen MR) is 66.2 cm³/mol. The molecule has 3 heteroatoms. The van der Waals surface area contributed by atoms with Crippen LogP contribution >= 0.6 is 15.9 Å². The van der Waals surface area contributed by atoms with Gasteiger partial charge in [0, 0.05) is 31.0 Å². The third-order valence-electron chi connectivity index (χ3n) is 3.19. The highest BCUT2D eigenvalue weighted by molar-refractivity contribution is 9.09. The van der Waals surface area contributed by atoms with Crippen molar-refractivity contribution >= 4 is 15.9 Å². The predicted octanol–water partition coefficient (Wildman–Crippen LogP) is 2.19. The number of alkyl halides is 1. The van der Waals surface area contributed by atoms with Crippen LogP contribution in [0.4, 0.5) is 0 Å². The zero-order valence-corrected chi connectivity index (χ0v) is 11.1. The summed E-state index contributed by atoms with van der Waals surface area (Å²) in [6, 6.07) is 0.785. The van der Waals surface area contributed by atoms with E-state index in [0.717, 1.165) is 11.4 Å². The molecule has 1 fully saturated rings. The molecule has 0 aromatic carbocycles. The van der Waals surface area contributed by atoms with E-state index in [1.807, 2.05) is 0 Å². The van der Waals surface area contributed by atoms with Crippen LogP contribution in [0.2, 0.25) is 0 Å². The Bertz CT molecular complexity index is 152. The van der Waals surface area contributed by atoms with Crippen molar-refractivity contribution < 1.29 is 0 Å². The third-order valence-corrected chi connectivity index (χ3v) is 3.75. The Labute approximate surface area is 96.8 Å². The lowest BCUT2D eigenvalue weighted by atomic mass is 10.1. The van der Waals surface area contributed by atoms with Crippen molar-refractivity contribution in [2.24, 2.45) is 0 Å². The molecular formula is C11H23BrN2. The summed E-state index contributed by atoms with van der Waals surface area (Å²) in [5, 5.41) is 1.15. The Kier molecular flexibility index (Phi) is 6.06. The Morgan fingerprint density at radius 1 is 1.29 bits per heavy atom. The van der Waals surface area contributed by atoms with E-state index in [1.54, 1.807) is 0 Å². The molecule has 1 atom stereocenters. The molecule has 14 heavy (non-hydrogen) atoms.